The number of nitrogens with one attached hydrogen (secondary N) is 2. The number of aromatic amines is 1. The quantitative estimate of drug-likeness (QED) is 0.702. The Morgan fingerprint density at radius 2 is 2.33 bits per heavy atom. The maximum absolute atomic E-state index is 12.0. The summed E-state index contributed by atoms with van der Waals surface area (Å²) in [6, 6.07) is 0.157. The molecule has 0 spiro atoms. The van der Waals surface area contributed by atoms with Gasteiger partial charge in [-0.05, 0) is 32.6 Å². The summed E-state index contributed by atoms with van der Waals surface area (Å²) in [6.45, 7) is 3.70. The number of aromatic nitrogens is 4. The molecule has 1 saturated carbocycles. The summed E-state index contributed by atoms with van der Waals surface area (Å²) in [5.41, 5.74) is 5.35. The van der Waals surface area contributed by atoms with Crippen LogP contribution in [-0.2, 0) is 10.3 Å². The van der Waals surface area contributed by atoms with E-state index in [0.29, 0.717) is 18.2 Å². The first-order valence-electron chi connectivity index (χ1n) is 6.29. The zero-order valence-corrected chi connectivity index (χ0v) is 10.8. The normalized spacial score (nSPS) is 24.2. The molecule has 1 fully saturated rings. The minimum Gasteiger partial charge on any atom is -0.344 e. The molecule has 0 aromatic carbocycles. The van der Waals surface area contributed by atoms with E-state index in [1.165, 1.54) is 0 Å². The van der Waals surface area contributed by atoms with Crippen LogP contribution in [0.1, 0.15) is 45.4 Å². The Morgan fingerprint density at radius 3 is 2.89 bits per heavy atom. The van der Waals surface area contributed by atoms with Gasteiger partial charge in [-0.1, -0.05) is 11.6 Å². The maximum atomic E-state index is 12.0. The molecule has 4 N–H and O–H groups in total. The third-order valence-corrected chi connectivity index (χ3v) is 3.52. The smallest absolute Gasteiger partial charge is 0.221 e. The van der Waals surface area contributed by atoms with E-state index in [2.05, 4.69) is 25.9 Å². The number of H-pyrrole nitrogens is 1. The summed E-state index contributed by atoms with van der Waals surface area (Å²) in [5.74, 6) is 0.768. The third kappa shape index (κ3) is 2.84. The standard InChI is InChI=1S/C11H20N6O/c1-11(2,10-14-16-17-15-10)13-9(18)6-7-4-3-5-8(7)12/h7-8H,3-6,12H2,1-2H3,(H,13,18)(H,14,15,16,17)/t7-,8+/m0/s1. The predicted molar refractivity (Wildman–Crippen MR) is 65.3 cm³/mol. The first-order chi connectivity index (χ1) is 8.49. The second-order valence-corrected chi connectivity index (χ2v) is 5.47. The van der Waals surface area contributed by atoms with Gasteiger partial charge in [0.05, 0.1) is 5.54 Å². The molecule has 18 heavy (non-hydrogen) atoms. The maximum Gasteiger partial charge on any atom is 0.221 e. The van der Waals surface area contributed by atoms with Crippen LogP contribution in [0, 0.1) is 5.92 Å². The Labute approximate surface area is 106 Å². The highest BCUT2D eigenvalue weighted by Gasteiger charge is 2.31. The van der Waals surface area contributed by atoms with E-state index in [0.717, 1.165) is 19.3 Å². The van der Waals surface area contributed by atoms with Crippen molar-refractivity contribution in [3.63, 3.8) is 0 Å². The van der Waals surface area contributed by atoms with Gasteiger partial charge in [-0.25, -0.2) is 0 Å². The molecular formula is C11H20N6O. The van der Waals surface area contributed by atoms with Gasteiger partial charge in [0.25, 0.3) is 0 Å². The Hall–Kier alpha value is -1.50. The van der Waals surface area contributed by atoms with Crippen molar-refractivity contribution in [2.75, 3.05) is 0 Å². The average molecular weight is 252 g/mol. The summed E-state index contributed by atoms with van der Waals surface area (Å²) in [7, 11) is 0. The van der Waals surface area contributed by atoms with E-state index < -0.39 is 5.54 Å². The van der Waals surface area contributed by atoms with Gasteiger partial charge in [-0.3, -0.25) is 4.79 Å². The Morgan fingerprint density at radius 1 is 1.56 bits per heavy atom. The topological polar surface area (TPSA) is 110 Å². The number of rotatable bonds is 4. The molecule has 0 bridgehead atoms. The molecule has 0 unspecified atom stereocenters. The number of carbonyl (C=O) groups is 1. The molecule has 0 radical (unpaired) electrons. The van der Waals surface area contributed by atoms with Crippen molar-refractivity contribution in [3.05, 3.63) is 5.82 Å². The number of hydrogen-bond donors (Lipinski definition) is 3. The van der Waals surface area contributed by atoms with Crippen molar-refractivity contribution < 1.29 is 4.79 Å². The molecule has 0 saturated heterocycles. The number of nitrogens with two attached hydrogens (primary N) is 1. The second kappa shape index (κ2) is 5.01. The zero-order chi connectivity index (χ0) is 13.2. The Balaban J connectivity index is 1.91. The Kier molecular flexibility index (Phi) is 3.60. The lowest BCUT2D eigenvalue weighted by molar-refractivity contribution is -0.123. The molecule has 100 valence electrons. The SMILES string of the molecule is CC(C)(NC(=O)C[C@@H]1CCC[C@H]1N)c1nn[nH]n1. The van der Waals surface area contributed by atoms with Gasteiger partial charge in [0.1, 0.15) is 0 Å². The van der Waals surface area contributed by atoms with Crippen LogP contribution >= 0.6 is 0 Å². The van der Waals surface area contributed by atoms with E-state index in [4.69, 9.17) is 5.73 Å². The Bertz CT molecular complexity index is 402. The molecule has 1 amide bonds. The fourth-order valence-electron chi connectivity index (χ4n) is 2.44. The molecule has 1 aromatic rings. The first kappa shape index (κ1) is 12.9. The van der Waals surface area contributed by atoms with Crippen molar-refractivity contribution >= 4 is 5.91 Å². The van der Waals surface area contributed by atoms with E-state index in [-0.39, 0.29) is 11.9 Å². The van der Waals surface area contributed by atoms with Crippen molar-refractivity contribution in [1.82, 2.24) is 25.9 Å². The van der Waals surface area contributed by atoms with Gasteiger partial charge < -0.3 is 11.1 Å². The van der Waals surface area contributed by atoms with Crippen molar-refractivity contribution in [1.29, 1.82) is 0 Å². The average Bonchev–Trinajstić information content (AvgIpc) is 2.90. The lowest BCUT2D eigenvalue weighted by Gasteiger charge is -2.24. The van der Waals surface area contributed by atoms with Gasteiger partial charge in [0, 0.05) is 12.5 Å². The highest BCUT2D eigenvalue weighted by atomic mass is 16.1. The van der Waals surface area contributed by atoms with E-state index in [1.807, 2.05) is 13.8 Å². The number of tetrazole rings is 1. The molecule has 1 aliphatic carbocycles. The molecule has 2 rings (SSSR count). The van der Waals surface area contributed by atoms with Crippen LogP contribution in [0.15, 0.2) is 0 Å². The number of carbonyl (C=O) groups excluding carboxylic acids is 1. The van der Waals surface area contributed by atoms with Crippen LogP contribution in [0.3, 0.4) is 0 Å². The summed E-state index contributed by atoms with van der Waals surface area (Å²) in [5, 5.41) is 16.6. The monoisotopic (exact) mass is 252 g/mol. The number of nitrogens with zero attached hydrogens (tertiary/aromatic N) is 3. The van der Waals surface area contributed by atoms with Crippen LogP contribution in [0.4, 0.5) is 0 Å². The third-order valence-electron chi connectivity index (χ3n) is 3.52. The van der Waals surface area contributed by atoms with Crippen LogP contribution < -0.4 is 11.1 Å². The highest BCUT2D eigenvalue weighted by molar-refractivity contribution is 5.77. The fraction of sp³-hybridized carbons (Fsp3) is 0.818. The van der Waals surface area contributed by atoms with Crippen LogP contribution in [0.2, 0.25) is 0 Å². The zero-order valence-electron chi connectivity index (χ0n) is 10.8. The van der Waals surface area contributed by atoms with E-state index in [9.17, 15) is 4.79 Å². The number of hydrogen-bond acceptors (Lipinski definition) is 5. The first-order valence-corrected chi connectivity index (χ1v) is 6.29. The van der Waals surface area contributed by atoms with E-state index in [1.54, 1.807) is 0 Å². The van der Waals surface area contributed by atoms with Gasteiger partial charge >= 0.3 is 0 Å². The summed E-state index contributed by atoms with van der Waals surface area (Å²) in [4.78, 5) is 12.0. The fourth-order valence-corrected chi connectivity index (χ4v) is 2.44. The molecule has 0 aliphatic heterocycles. The van der Waals surface area contributed by atoms with Crippen molar-refractivity contribution in [2.45, 2.75) is 51.1 Å². The minimum atomic E-state index is -0.618. The second-order valence-electron chi connectivity index (χ2n) is 5.47. The number of amides is 1. The van der Waals surface area contributed by atoms with Crippen LogP contribution in [-0.4, -0.2) is 32.6 Å². The lowest BCUT2D eigenvalue weighted by atomic mass is 9.98. The minimum absolute atomic E-state index is 0.00727. The molecule has 7 heteroatoms. The summed E-state index contributed by atoms with van der Waals surface area (Å²) >= 11 is 0. The van der Waals surface area contributed by atoms with Crippen LogP contribution in [0.25, 0.3) is 0 Å². The highest BCUT2D eigenvalue weighted by Crippen LogP contribution is 2.27. The predicted octanol–water partition coefficient (Wildman–Crippen LogP) is 0.0685. The molecular weight excluding hydrogens is 232 g/mol. The van der Waals surface area contributed by atoms with Gasteiger partial charge in [0.15, 0.2) is 5.82 Å². The lowest BCUT2D eigenvalue weighted by Crippen LogP contribution is -2.43. The van der Waals surface area contributed by atoms with Crippen molar-refractivity contribution in [3.8, 4) is 0 Å². The molecule has 1 heterocycles. The summed E-state index contributed by atoms with van der Waals surface area (Å²) in [6.07, 6.45) is 3.65. The van der Waals surface area contributed by atoms with E-state index >= 15 is 0 Å². The largest absolute Gasteiger partial charge is 0.344 e. The van der Waals surface area contributed by atoms with Crippen molar-refractivity contribution in [2.24, 2.45) is 11.7 Å². The van der Waals surface area contributed by atoms with Gasteiger partial charge in [-0.15, -0.1) is 10.2 Å². The van der Waals surface area contributed by atoms with Gasteiger partial charge in [0.2, 0.25) is 5.91 Å². The molecule has 7 nitrogen and oxygen atoms in total. The summed E-state index contributed by atoms with van der Waals surface area (Å²) < 4.78 is 0. The molecule has 1 aliphatic rings. The molecule has 2 atom stereocenters. The molecule has 1 aromatic heterocycles. The van der Waals surface area contributed by atoms with Crippen LogP contribution in [0.5, 0.6) is 0 Å². The van der Waals surface area contributed by atoms with Gasteiger partial charge in [-0.2, -0.15) is 5.21 Å².